The average Bonchev–Trinajstić information content (AvgIpc) is 2.71. The highest BCUT2D eigenvalue weighted by atomic mass is 16.5. The summed E-state index contributed by atoms with van der Waals surface area (Å²) in [5.41, 5.74) is 2.03. The number of hydrogen-bond acceptors (Lipinski definition) is 3. The Morgan fingerprint density at radius 1 is 0.963 bits per heavy atom. The molecule has 0 aliphatic carbocycles. The molecule has 0 radical (unpaired) electrons. The lowest BCUT2D eigenvalue weighted by molar-refractivity contribution is -0.953. The fraction of sp³-hybridized carbons (Fsp3) is 0.409. The highest BCUT2D eigenvalue weighted by Crippen LogP contribution is 2.26. The van der Waals surface area contributed by atoms with E-state index in [1.807, 2.05) is 31.2 Å². The second kappa shape index (κ2) is 7.71. The summed E-state index contributed by atoms with van der Waals surface area (Å²) < 4.78 is 7.17. The molecule has 27 heavy (non-hydrogen) atoms. The topological polar surface area (TPSA) is 41.6 Å². The van der Waals surface area contributed by atoms with Gasteiger partial charge in [0, 0.05) is 37.3 Å². The third-order valence-electron chi connectivity index (χ3n) is 5.80. The molecule has 0 unspecified atom stereocenters. The summed E-state index contributed by atoms with van der Waals surface area (Å²) in [7, 11) is 0. The molecule has 5 nitrogen and oxygen atoms in total. The van der Waals surface area contributed by atoms with Crippen LogP contribution in [-0.4, -0.2) is 61.1 Å². The third-order valence-corrected chi connectivity index (χ3v) is 5.80. The molecule has 5 rings (SSSR count). The van der Waals surface area contributed by atoms with Crippen LogP contribution in [0.4, 0.5) is 0 Å². The maximum Gasteiger partial charge on any atom is 0.251 e. The third kappa shape index (κ3) is 4.15. The zero-order valence-corrected chi connectivity index (χ0v) is 16.0. The Balaban J connectivity index is 1.37. The van der Waals surface area contributed by atoms with Crippen molar-refractivity contribution in [3.05, 3.63) is 59.7 Å². The van der Waals surface area contributed by atoms with Crippen molar-refractivity contribution in [3.8, 4) is 11.5 Å². The summed E-state index contributed by atoms with van der Waals surface area (Å²) in [5.74, 6) is 1.51. The minimum absolute atomic E-state index is 0.0561. The van der Waals surface area contributed by atoms with Crippen molar-refractivity contribution in [2.45, 2.75) is 13.5 Å². The molecule has 0 saturated carbocycles. The van der Waals surface area contributed by atoms with Crippen LogP contribution >= 0.6 is 0 Å². The van der Waals surface area contributed by atoms with Gasteiger partial charge in [0.15, 0.2) is 0 Å². The molecule has 3 heterocycles. The van der Waals surface area contributed by atoms with Gasteiger partial charge in [0.25, 0.3) is 5.91 Å². The van der Waals surface area contributed by atoms with E-state index in [0.717, 1.165) is 18.0 Å². The molecule has 2 aromatic carbocycles. The highest BCUT2D eigenvalue weighted by Gasteiger charge is 2.38. The van der Waals surface area contributed by atoms with Crippen LogP contribution < -0.4 is 10.1 Å². The molecular formula is C22H28N3O2+. The van der Waals surface area contributed by atoms with Gasteiger partial charge in [-0.25, -0.2) is 0 Å². The SMILES string of the molecule is CCNC(=O)c1ccc(Oc2ccc(C[N+]34CCN(CC3)CC4)cc2)cc1. The fourth-order valence-electron chi connectivity index (χ4n) is 4.09. The minimum atomic E-state index is -0.0561. The Bertz CT molecular complexity index is 764. The van der Waals surface area contributed by atoms with Crippen molar-refractivity contribution in [1.82, 2.24) is 10.2 Å². The summed E-state index contributed by atoms with van der Waals surface area (Å²) in [6.45, 7) is 11.2. The van der Waals surface area contributed by atoms with E-state index >= 15 is 0 Å². The lowest BCUT2D eigenvalue weighted by atomic mass is 10.1. The molecule has 5 heteroatoms. The van der Waals surface area contributed by atoms with Crippen molar-refractivity contribution < 1.29 is 14.0 Å². The molecule has 3 aliphatic rings. The molecule has 3 saturated heterocycles. The fourth-order valence-corrected chi connectivity index (χ4v) is 4.09. The molecule has 1 N–H and O–H groups in total. The Labute approximate surface area is 161 Å². The molecule has 0 spiro atoms. The number of piperazine rings is 3. The van der Waals surface area contributed by atoms with Crippen molar-refractivity contribution in [2.24, 2.45) is 0 Å². The predicted molar refractivity (Wildman–Crippen MR) is 106 cm³/mol. The van der Waals surface area contributed by atoms with Crippen LogP contribution in [0.2, 0.25) is 0 Å². The van der Waals surface area contributed by atoms with Gasteiger partial charge in [-0.15, -0.1) is 0 Å². The Morgan fingerprint density at radius 2 is 1.52 bits per heavy atom. The van der Waals surface area contributed by atoms with Gasteiger partial charge in [-0.05, 0) is 55.5 Å². The van der Waals surface area contributed by atoms with Gasteiger partial charge in [0.1, 0.15) is 18.0 Å². The molecule has 1 amide bonds. The van der Waals surface area contributed by atoms with E-state index in [1.54, 1.807) is 12.1 Å². The number of carbonyl (C=O) groups is 1. The number of amides is 1. The van der Waals surface area contributed by atoms with E-state index in [4.69, 9.17) is 4.74 Å². The van der Waals surface area contributed by atoms with Crippen LogP contribution in [0.15, 0.2) is 48.5 Å². The summed E-state index contributed by atoms with van der Waals surface area (Å²) in [4.78, 5) is 14.4. The average molecular weight is 366 g/mol. The van der Waals surface area contributed by atoms with Gasteiger partial charge in [0.05, 0.1) is 19.6 Å². The number of carbonyl (C=O) groups excluding carboxylic acids is 1. The van der Waals surface area contributed by atoms with E-state index in [2.05, 4.69) is 22.3 Å². The van der Waals surface area contributed by atoms with Crippen molar-refractivity contribution in [2.75, 3.05) is 45.8 Å². The number of fused-ring (bicyclic) bond motifs is 3. The first-order chi connectivity index (χ1) is 13.2. The molecule has 142 valence electrons. The van der Waals surface area contributed by atoms with E-state index in [0.29, 0.717) is 12.1 Å². The van der Waals surface area contributed by atoms with E-state index in [9.17, 15) is 4.79 Å². The normalized spacial score (nSPS) is 23.8. The monoisotopic (exact) mass is 366 g/mol. The van der Waals surface area contributed by atoms with Gasteiger partial charge in [-0.2, -0.15) is 0 Å². The van der Waals surface area contributed by atoms with E-state index in [1.165, 1.54) is 49.3 Å². The number of nitrogens with zero attached hydrogens (tertiary/aromatic N) is 2. The lowest BCUT2D eigenvalue weighted by Crippen LogP contribution is -2.66. The summed E-state index contributed by atoms with van der Waals surface area (Å²) in [5, 5.41) is 2.80. The molecule has 0 aromatic heterocycles. The van der Waals surface area contributed by atoms with Crippen molar-refractivity contribution in [1.29, 1.82) is 0 Å². The highest BCUT2D eigenvalue weighted by molar-refractivity contribution is 5.94. The number of nitrogens with one attached hydrogen (secondary N) is 1. The van der Waals surface area contributed by atoms with Gasteiger partial charge in [-0.1, -0.05) is 0 Å². The van der Waals surface area contributed by atoms with Crippen LogP contribution in [0.25, 0.3) is 0 Å². The Morgan fingerprint density at radius 3 is 2.07 bits per heavy atom. The van der Waals surface area contributed by atoms with Crippen molar-refractivity contribution >= 4 is 5.91 Å². The lowest BCUT2D eigenvalue weighted by Gasteiger charge is -2.50. The van der Waals surface area contributed by atoms with Crippen LogP contribution in [0.5, 0.6) is 11.5 Å². The van der Waals surface area contributed by atoms with Crippen LogP contribution in [0.3, 0.4) is 0 Å². The summed E-state index contributed by atoms with van der Waals surface area (Å²) in [6.07, 6.45) is 0. The second-order valence-electron chi connectivity index (χ2n) is 7.64. The maximum atomic E-state index is 11.8. The van der Waals surface area contributed by atoms with Gasteiger partial charge < -0.3 is 14.5 Å². The molecular weight excluding hydrogens is 338 g/mol. The van der Waals surface area contributed by atoms with E-state index < -0.39 is 0 Å². The quantitative estimate of drug-likeness (QED) is 0.800. The number of ether oxygens (including phenoxy) is 1. The number of quaternary nitrogens is 1. The first-order valence-electron chi connectivity index (χ1n) is 9.88. The number of benzene rings is 2. The molecule has 3 fully saturated rings. The first kappa shape index (κ1) is 18.0. The Kier molecular flexibility index (Phi) is 5.14. The van der Waals surface area contributed by atoms with Gasteiger partial charge >= 0.3 is 0 Å². The minimum Gasteiger partial charge on any atom is -0.457 e. The van der Waals surface area contributed by atoms with Crippen molar-refractivity contribution in [3.63, 3.8) is 0 Å². The Hall–Kier alpha value is -2.37. The van der Waals surface area contributed by atoms with E-state index in [-0.39, 0.29) is 5.91 Å². The molecule has 3 aliphatic heterocycles. The molecule has 0 atom stereocenters. The standard InChI is InChI=1S/C22H27N3O2/c1-2-23-22(26)19-5-9-21(10-6-19)27-20-7-3-18(4-8-20)17-25-14-11-24(12-15-25)13-16-25/h3-10H,2,11-17H2,1H3/p+1. The first-order valence-corrected chi connectivity index (χ1v) is 9.88. The van der Waals surface area contributed by atoms with Crippen LogP contribution in [0.1, 0.15) is 22.8 Å². The van der Waals surface area contributed by atoms with Gasteiger partial charge in [-0.3, -0.25) is 9.69 Å². The summed E-state index contributed by atoms with van der Waals surface area (Å²) >= 11 is 0. The number of hydrogen-bond donors (Lipinski definition) is 1. The van der Waals surface area contributed by atoms with Gasteiger partial charge in [0.2, 0.25) is 0 Å². The van der Waals surface area contributed by atoms with Crippen LogP contribution in [-0.2, 0) is 6.54 Å². The maximum absolute atomic E-state index is 11.8. The predicted octanol–water partition coefficient (Wildman–Crippen LogP) is 2.87. The molecule has 2 bridgehead atoms. The number of rotatable bonds is 6. The zero-order valence-electron chi connectivity index (χ0n) is 16.0. The van der Waals surface area contributed by atoms with Crippen LogP contribution in [0, 0.1) is 0 Å². The largest absolute Gasteiger partial charge is 0.457 e. The smallest absolute Gasteiger partial charge is 0.251 e. The summed E-state index contributed by atoms with van der Waals surface area (Å²) in [6, 6.07) is 15.7. The second-order valence-corrected chi connectivity index (χ2v) is 7.64. The zero-order chi connectivity index (χ0) is 18.7. The molecule has 2 aromatic rings.